The first-order valence-electron chi connectivity index (χ1n) is 9.06. The number of nitrogens with two attached hydrogens (primary N) is 1. The summed E-state index contributed by atoms with van der Waals surface area (Å²) in [6, 6.07) is -0.916. The van der Waals surface area contributed by atoms with Gasteiger partial charge in [0.05, 0.1) is 17.8 Å². The molecule has 1 aromatic heterocycles. The number of nitrogen functional groups attached to an aromatic ring is 1. The summed E-state index contributed by atoms with van der Waals surface area (Å²) in [5, 5.41) is 19.3. The largest absolute Gasteiger partial charge is 1.00 e. The zero-order chi connectivity index (χ0) is 21.4. The van der Waals surface area contributed by atoms with Crippen LogP contribution in [-0.4, -0.2) is 70.4 Å². The molecule has 160 valence electrons. The Labute approximate surface area is 228 Å². The maximum Gasteiger partial charge on any atom is 1.00 e. The summed E-state index contributed by atoms with van der Waals surface area (Å²) in [4.78, 5) is 47.2. The third-order valence-electron chi connectivity index (χ3n) is 4.96. The zero-order valence-corrected chi connectivity index (χ0v) is 21.6. The number of nitrogens with one attached hydrogen (secondary N) is 1. The Morgan fingerprint density at radius 2 is 2.26 bits per heavy atom. The number of aliphatic carboxylic acids is 1. The number of anilines is 1. The number of carboxylic acid groups (broad SMARTS) is 1. The first-order valence-corrected chi connectivity index (χ1v) is 11.0. The van der Waals surface area contributed by atoms with Crippen LogP contribution in [0.15, 0.2) is 21.8 Å². The van der Waals surface area contributed by atoms with E-state index < -0.39 is 29.2 Å². The molecule has 2 amide bonds. The summed E-state index contributed by atoms with van der Waals surface area (Å²) in [5.41, 5.74) is 6.09. The van der Waals surface area contributed by atoms with Crippen molar-refractivity contribution < 1.29 is 80.4 Å². The second kappa shape index (κ2) is 10.3. The fourth-order valence-corrected chi connectivity index (χ4v) is 5.59. The maximum atomic E-state index is 12.8. The normalized spacial score (nSPS) is 25.5. The van der Waals surface area contributed by atoms with Crippen molar-refractivity contribution in [1.29, 1.82) is 0 Å². The smallest absolute Gasteiger partial charge is 0.543 e. The fraction of sp³-hybridized carbons (Fsp3) is 0.471. The Bertz CT molecular complexity index is 961. The van der Waals surface area contributed by atoms with Crippen LogP contribution in [0, 0.1) is 0 Å². The van der Waals surface area contributed by atoms with Crippen LogP contribution in [0.5, 0.6) is 0 Å². The molecular weight excluding hydrogens is 473 g/mol. The minimum Gasteiger partial charge on any atom is -0.543 e. The van der Waals surface area contributed by atoms with Crippen LogP contribution in [0.3, 0.4) is 0 Å². The van der Waals surface area contributed by atoms with Gasteiger partial charge in [0.25, 0.3) is 11.8 Å². The van der Waals surface area contributed by atoms with Gasteiger partial charge in [0.15, 0.2) is 10.8 Å². The molecule has 0 aliphatic carbocycles. The zero-order valence-electron chi connectivity index (χ0n) is 16.8. The number of carboxylic acids is 1. The molecule has 3 aliphatic rings. The van der Waals surface area contributed by atoms with Crippen molar-refractivity contribution in [2.24, 2.45) is 5.16 Å². The van der Waals surface area contributed by atoms with Gasteiger partial charge >= 0.3 is 51.4 Å². The molecule has 11 nitrogen and oxygen atoms in total. The number of thioether (sulfide) groups is 1. The van der Waals surface area contributed by atoms with Gasteiger partial charge in [0.2, 0.25) is 0 Å². The fourth-order valence-electron chi connectivity index (χ4n) is 3.63. The standard InChI is InChI=1S/C17H19N5O6S2.K/c1-27-21-10(8-6-30-17(18)19-8)13(23)20-11-14(24)22-12(16(25)26)7(5-29-15(11)22)9-3-2-4-28-9;/h6,9,11,15H,2-5H2,1H3,(H2,18,19)(H,20,23)(H,25,26);/q;+1/p-1/b21-10+;. The van der Waals surface area contributed by atoms with Crippen LogP contribution in [0.4, 0.5) is 5.13 Å². The molecule has 31 heavy (non-hydrogen) atoms. The molecule has 4 heterocycles. The van der Waals surface area contributed by atoms with E-state index >= 15 is 0 Å². The molecule has 1 aromatic rings. The number of aromatic nitrogens is 1. The summed E-state index contributed by atoms with van der Waals surface area (Å²) in [6.07, 6.45) is 1.20. The molecule has 2 saturated heterocycles. The number of carbonyl (C=O) groups is 3. The SMILES string of the molecule is CO/N=C(/C(=O)NC1C(=O)N2C(C(=O)[O-])=C(C3CCCO3)CSC12)c1csc(N)n1.[K+]. The molecule has 2 fully saturated rings. The molecule has 3 aliphatic heterocycles. The van der Waals surface area contributed by atoms with Gasteiger partial charge in [-0.2, -0.15) is 0 Å². The molecule has 4 rings (SSSR count). The summed E-state index contributed by atoms with van der Waals surface area (Å²) >= 11 is 2.49. The number of carbonyl (C=O) groups excluding carboxylic acids is 3. The number of β-lactam (4-membered cyclic amide) rings is 1. The van der Waals surface area contributed by atoms with Gasteiger partial charge < -0.3 is 30.5 Å². The Morgan fingerprint density at radius 1 is 1.48 bits per heavy atom. The van der Waals surface area contributed by atoms with Crippen molar-refractivity contribution in [3.8, 4) is 0 Å². The number of amides is 2. The average molecular weight is 492 g/mol. The third kappa shape index (κ3) is 4.71. The van der Waals surface area contributed by atoms with Crippen molar-refractivity contribution in [1.82, 2.24) is 15.2 Å². The number of oxime groups is 1. The van der Waals surface area contributed by atoms with E-state index in [1.807, 2.05) is 0 Å². The van der Waals surface area contributed by atoms with Crippen LogP contribution in [0.25, 0.3) is 0 Å². The molecule has 14 heteroatoms. The monoisotopic (exact) mass is 491 g/mol. The van der Waals surface area contributed by atoms with Crippen LogP contribution >= 0.6 is 23.1 Å². The maximum absolute atomic E-state index is 12.8. The predicted molar refractivity (Wildman–Crippen MR) is 106 cm³/mol. The first-order chi connectivity index (χ1) is 14.4. The van der Waals surface area contributed by atoms with Crippen LogP contribution in [-0.2, 0) is 24.0 Å². The van der Waals surface area contributed by atoms with E-state index in [1.165, 1.54) is 23.8 Å². The molecule has 0 spiro atoms. The van der Waals surface area contributed by atoms with E-state index in [0.717, 1.165) is 17.8 Å². The van der Waals surface area contributed by atoms with Crippen molar-refractivity contribution >= 4 is 51.7 Å². The van der Waals surface area contributed by atoms with Crippen LogP contribution in [0.2, 0.25) is 0 Å². The number of fused-ring (bicyclic) bond motifs is 1. The topological polar surface area (TPSA) is 159 Å². The second-order valence-corrected chi connectivity index (χ2v) is 8.71. The molecule has 0 bridgehead atoms. The molecule has 0 radical (unpaired) electrons. The number of hydrogen-bond acceptors (Lipinski definition) is 11. The van der Waals surface area contributed by atoms with Gasteiger partial charge in [-0.25, -0.2) is 4.98 Å². The van der Waals surface area contributed by atoms with E-state index in [0.29, 0.717) is 24.4 Å². The number of rotatable bonds is 6. The van der Waals surface area contributed by atoms with E-state index in [1.54, 1.807) is 5.38 Å². The van der Waals surface area contributed by atoms with Crippen molar-refractivity contribution in [3.05, 3.63) is 22.3 Å². The Kier molecular flexibility index (Phi) is 8.18. The molecule has 3 unspecified atom stereocenters. The predicted octanol–water partition coefficient (Wildman–Crippen LogP) is -4.34. The molecule has 3 atom stereocenters. The minimum absolute atomic E-state index is 0. The van der Waals surface area contributed by atoms with Crippen molar-refractivity contribution in [3.63, 3.8) is 0 Å². The number of ether oxygens (including phenoxy) is 1. The molecule has 0 saturated carbocycles. The molecule has 3 N–H and O–H groups in total. The molecule has 0 aromatic carbocycles. The summed E-state index contributed by atoms with van der Waals surface area (Å²) < 4.78 is 5.60. The van der Waals surface area contributed by atoms with Crippen molar-refractivity contribution in [2.45, 2.75) is 30.4 Å². The average Bonchev–Trinajstić information content (AvgIpc) is 3.40. The van der Waals surface area contributed by atoms with Gasteiger partial charge in [-0.1, -0.05) is 5.16 Å². The van der Waals surface area contributed by atoms with Gasteiger partial charge in [-0.15, -0.1) is 23.1 Å². The third-order valence-corrected chi connectivity index (χ3v) is 6.93. The Morgan fingerprint density at radius 3 is 2.84 bits per heavy atom. The number of hydrogen-bond donors (Lipinski definition) is 2. The summed E-state index contributed by atoms with van der Waals surface area (Å²) in [6.45, 7) is 0.554. The van der Waals surface area contributed by atoms with Crippen LogP contribution < -0.4 is 67.5 Å². The molecular formula is C17H18KN5O6S2. The van der Waals surface area contributed by atoms with E-state index in [9.17, 15) is 19.5 Å². The van der Waals surface area contributed by atoms with Gasteiger partial charge in [-0.05, 0) is 18.4 Å². The quantitative estimate of drug-likeness (QED) is 0.174. The minimum atomic E-state index is -1.43. The number of nitrogens with zero attached hydrogens (tertiary/aromatic N) is 3. The van der Waals surface area contributed by atoms with Gasteiger partial charge in [-0.3, -0.25) is 14.5 Å². The van der Waals surface area contributed by atoms with E-state index in [2.05, 4.69) is 15.5 Å². The Hall–Kier alpha value is -1.00. The Balaban J connectivity index is 0.00000272. The van der Waals surface area contributed by atoms with E-state index in [4.69, 9.17) is 15.3 Å². The van der Waals surface area contributed by atoms with E-state index in [-0.39, 0.29) is 79.7 Å². The van der Waals surface area contributed by atoms with Crippen LogP contribution in [0.1, 0.15) is 18.5 Å². The first kappa shape index (κ1) is 24.6. The second-order valence-electron chi connectivity index (χ2n) is 6.72. The summed E-state index contributed by atoms with van der Waals surface area (Å²) in [7, 11) is 1.28. The van der Waals surface area contributed by atoms with Gasteiger partial charge in [0, 0.05) is 17.7 Å². The van der Waals surface area contributed by atoms with Crippen molar-refractivity contribution in [2.75, 3.05) is 25.2 Å². The number of thiazole rings is 1. The summed E-state index contributed by atoms with van der Waals surface area (Å²) in [5.74, 6) is -2.27. The van der Waals surface area contributed by atoms with Gasteiger partial charge in [0.1, 0.15) is 24.2 Å².